The Morgan fingerprint density at radius 3 is 2.48 bits per heavy atom. The van der Waals surface area contributed by atoms with E-state index in [-0.39, 0.29) is 5.56 Å². The van der Waals surface area contributed by atoms with Crippen LogP contribution in [-0.2, 0) is 0 Å². The standard InChI is InChI=1S/C13H17F3N2O2S/c1-21-4-2-3-17-13(20)18-11(7-19)8-5-9(14)12(16)10(15)6-8/h5-6,11,19H,2-4,7H2,1H3,(H2,17,18,20). The molecule has 0 saturated carbocycles. The highest BCUT2D eigenvalue weighted by atomic mass is 32.2. The Kier molecular flexibility index (Phi) is 7.38. The van der Waals surface area contributed by atoms with Crippen molar-refractivity contribution in [1.82, 2.24) is 10.6 Å². The highest BCUT2D eigenvalue weighted by molar-refractivity contribution is 7.98. The largest absolute Gasteiger partial charge is 0.394 e. The number of carbonyl (C=O) groups excluding carboxylic acids is 1. The first-order chi connectivity index (χ1) is 9.99. The molecule has 1 rings (SSSR count). The minimum atomic E-state index is -1.59. The zero-order valence-electron chi connectivity index (χ0n) is 11.5. The number of aliphatic hydroxyl groups is 1. The van der Waals surface area contributed by atoms with Gasteiger partial charge in [0.2, 0.25) is 0 Å². The van der Waals surface area contributed by atoms with Crippen LogP contribution in [0, 0.1) is 17.5 Å². The zero-order chi connectivity index (χ0) is 15.8. The van der Waals surface area contributed by atoms with E-state index in [0.717, 1.165) is 24.3 Å². The van der Waals surface area contributed by atoms with E-state index in [9.17, 15) is 23.1 Å². The van der Waals surface area contributed by atoms with Crippen molar-refractivity contribution >= 4 is 17.8 Å². The van der Waals surface area contributed by atoms with Gasteiger partial charge in [-0.15, -0.1) is 0 Å². The number of hydrogen-bond donors (Lipinski definition) is 3. The van der Waals surface area contributed by atoms with Crippen LogP contribution < -0.4 is 10.6 Å². The molecule has 3 N–H and O–H groups in total. The van der Waals surface area contributed by atoms with Crippen LogP contribution in [0.25, 0.3) is 0 Å². The van der Waals surface area contributed by atoms with Crippen molar-refractivity contribution in [1.29, 1.82) is 0 Å². The molecule has 1 unspecified atom stereocenters. The third-order valence-corrected chi connectivity index (χ3v) is 3.40. The second kappa shape index (κ2) is 8.78. The molecule has 0 bridgehead atoms. The third-order valence-electron chi connectivity index (χ3n) is 2.71. The molecule has 0 heterocycles. The first kappa shape index (κ1) is 17.6. The highest BCUT2D eigenvalue weighted by Crippen LogP contribution is 2.19. The quantitative estimate of drug-likeness (QED) is 0.533. The number of carbonyl (C=O) groups is 1. The monoisotopic (exact) mass is 322 g/mol. The molecule has 2 amide bonds. The molecule has 21 heavy (non-hydrogen) atoms. The normalized spacial score (nSPS) is 12.0. The fourth-order valence-corrected chi connectivity index (χ4v) is 2.07. The Hall–Kier alpha value is -1.41. The van der Waals surface area contributed by atoms with Crippen LogP contribution in [0.3, 0.4) is 0 Å². The smallest absolute Gasteiger partial charge is 0.315 e. The van der Waals surface area contributed by atoms with E-state index in [4.69, 9.17) is 0 Å². The summed E-state index contributed by atoms with van der Waals surface area (Å²) in [5.74, 6) is -3.44. The van der Waals surface area contributed by atoms with Gasteiger partial charge in [-0.3, -0.25) is 0 Å². The molecule has 118 valence electrons. The Balaban J connectivity index is 2.64. The predicted molar refractivity (Wildman–Crippen MR) is 75.7 cm³/mol. The van der Waals surface area contributed by atoms with Crippen LogP contribution in [0.5, 0.6) is 0 Å². The lowest BCUT2D eigenvalue weighted by Crippen LogP contribution is -2.39. The van der Waals surface area contributed by atoms with E-state index in [1.807, 2.05) is 6.26 Å². The lowest BCUT2D eigenvalue weighted by atomic mass is 10.1. The van der Waals surface area contributed by atoms with Crippen molar-refractivity contribution in [3.63, 3.8) is 0 Å². The van der Waals surface area contributed by atoms with Crippen LogP contribution in [-0.4, -0.2) is 36.3 Å². The van der Waals surface area contributed by atoms with Gasteiger partial charge in [-0.05, 0) is 36.1 Å². The van der Waals surface area contributed by atoms with Crippen molar-refractivity contribution in [3.8, 4) is 0 Å². The molecule has 0 aliphatic carbocycles. The summed E-state index contributed by atoms with van der Waals surface area (Å²) in [6.45, 7) is -0.125. The van der Waals surface area contributed by atoms with Gasteiger partial charge in [0, 0.05) is 6.54 Å². The predicted octanol–water partition coefficient (Wildman–Crippen LogP) is 2.19. The average Bonchev–Trinajstić information content (AvgIpc) is 2.46. The Morgan fingerprint density at radius 1 is 1.33 bits per heavy atom. The summed E-state index contributed by atoms with van der Waals surface area (Å²) in [6.07, 6.45) is 2.72. The van der Waals surface area contributed by atoms with Gasteiger partial charge < -0.3 is 15.7 Å². The van der Waals surface area contributed by atoms with E-state index in [1.54, 1.807) is 11.8 Å². The lowest BCUT2D eigenvalue weighted by molar-refractivity contribution is 0.216. The highest BCUT2D eigenvalue weighted by Gasteiger charge is 2.18. The topological polar surface area (TPSA) is 61.4 Å². The average molecular weight is 322 g/mol. The fraction of sp³-hybridized carbons (Fsp3) is 0.462. The van der Waals surface area contributed by atoms with Crippen molar-refractivity contribution < 1.29 is 23.1 Å². The summed E-state index contributed by atoms with van der Waals surface area (Å²) in [5, 5.41) is 14.1. The number of aliphatic hydroxyl groups excluding tert-OH is 1. The first-order valence-electron chi connectivity index (χ1n) is 6.28. The van der Waals surface area contributed by atoms with Gasteiger partial charge in [0.15, 0.2) is 17.5 Å². The summed E-state index contributed by atoms with van der Waals surface area (Å²) in [4.78, 5) is 11.6. The van der Waals surface area contributed by atoms with Crippen molar-refractivity contribution in [2.75, 3.05) is 25.2 Å². The van der Waals surface area contributed by atoms with Crippen LogP contribution in [0.1, 0.15) is 18.0 Å². The molecule has 1 aromatic carbocycles. The number of urea groups is 1. The van der Waals surface area contributed by atoms with Gasteiger partial charge in [-0.25, -0.2) is 18.0 Å². The molecule has 0 fully saturated rings. The minimum Gasteiger partial charge on any atom is -0.394 e. The summed E-state index contributed by atoms with van der Waals surface area (Å²) in [5.41, 5.74) is -0.0480. The van der Waals surface area contributed by atoms with Crippen LogP contribution in [0.2, 0.25) is 0 Å². The van der Waals surface area contributed by atoms with Crippen LogP contribution in [0.15, 0.2) is 12.1 Å². The molecule has 1 atom stereocenters. The molecule has 1 aromatic rings. The number of benzene rings is 1. The molecule has 4 nitrogen and oxygen atoms in total. The molecule has 0 saturated heterocycles. The number of amides is 2. The summed E-state index contributed by atoms with van der Waals surface area (Å²) in [7, 11) is 0. The summed E-state index contributed by atoms with van der Waals surface area (Å²) >= 11 is 1.64. The second-order valence-corrected chi connectivity index (χ2v) is 5.27. The van der Waals surface area contributed by atoms with Gasteiger partial charge >= 0.3 is 6.03 Å². The molecule has 0 aliphatic rings. The van der Waals surface area contributed by atoms with Crippen LogP contribution >= 0.6 is 11.8 Å². The van der Waals surface area contributed by atoms with E-state index >= 15 is 0 Å². The second-order valence-electron chi connectivity index (χ2n) is 4.28. The Morgan fingerprint density at radius 2 is 1.95 bits per heavy atom. The number of nitrogens with one attached hydrogen (secondary N) is 2. The van der Waals surface area contributed by atoms with Gasteiger partial charge in [-0.2, -0.15) is 11.8 Å². The maximum atomic E-state index is 13.1. The van der Waals surface area contributed by atoms with Crippen LogP contribution in [0.4, 0.5) is 18.0 Å². The number of rotatable bonds is 7. The lowest BCUT2D eigenvalue weighted by Gasteiger charge is -2.17. The fourth-order valence-electron chi connectivity index (χ4n) is 1.64. The summed E-state index contributed by atoms with van der Waals surface area (Å²) in [6, 6.07) is -0.101. The first-order valence-corrected chi connectivity index (χ1v) is 7.67. The van der Waals surface area contributed by atoms with Crippen molar-refractivity contribution in [2.24, 2.45) is 0 Å². The van der Waals surface area contributed by atoms with Crippen molar-refractivity contribution in [3.05, 3.63) is 35.1 Å². The molecule has 8 heteroatoms. The maximum Gasteiger partial charge on any atom is 0.315 e. The molecule has 0 aromatic heterocycles. The van der Waals surface area contributed by atoms with Gasteiger partial charge in [0.05, 0.1) is 12.6 Å². The van der Waals surface area contributed by atoms with Gasteiger partial charge in [0.25, 0.3) is 0 Å². The summed E-state index contributed by atoms with van der Waals surface area (Å²) < 4.78 is 39.1. The van der Waals surface area contributed by atoms with Gasteiger partial charge in [0.1, 0.15) is 0 Å². The molecular formula is C13H17F3N2O2S. The number of halogens is 3. The third kappa shape index (κ3) is 5.47. The van der Waals surface area contributed by atoms with Crippen molar-refractivity contribution in [2.45, 2.75) is 12.5 Å². The minimum absolute atomic E-state index is 0.0480. The molecule has 0 spiro atoms. The number of hydrogen-bond acceptors (Lipinski definition) is 3. The van der Waals surface area contributed by atoms with E-state index in [0.29, 0.717) is 6.54 Å². The molecule has 0 aliphatic heterocycles. The Bertz CT molecular complexity index is 465. The SMILES string of the molecule is CSCCCNC(=O)NC(CO)c1cc(F)c(F)c(F)c1. The van der Waals surface area contributed by atoms with E-state index in [1.165, 1.54) is 0 Å². The van der Waals surface area contributed by atoms with Gasteiger partial charge in [-0.1, -0.05) is 0 Å². The van der Waals surface area contributed by atoms with E-state index < -0.39 is 36.1 Å². The van der Waals surface area contributed by atoms with E-state index in [2.05, 4.69) is 10.6 Å². The number of thioether (sulfide) groups is 1. The Labute approximate surface area is 125 Å². The molecule has 0 radical (unpaired) electrons. The molecular weight excluding hydrogens is 305 g/mol. The zero-order valence-corrected chi connectivity index (χ0v) is 12.3. The maximum absolute atomic E-state index is 13.1.